The third-order valence-electron chi connectivity index (χ3n) is 3.38. The lowest BCUT2D eigenvalue weighted by atomic mass is 10.2. The molecule has 4 nitrogen and oxygen atoms in total. The standard InChI is InChI=1S/C16H16F4N2O2/c1-22(9-10-4-5-13(23-2)14(6-10)24-3)15-12(17)7-11(8-21-15)16(18,19)20/h4-8H,9H2,1-3H3. The first-order chi connectivity index (χ1) is 11.3. The van der Waals surface area contributed by atoms with Crippen molar-refractivity contribution >= 4 is 5.82 Å². The Morgan fingerprint density at radius 1 is 1.08 bits per heavy atom. The van der Waals surface area contributed by atoms with Crippen LogP contribution >= 0.6 is 0 Å². The molecule has 0 fully saturated rings. The van der Waals surface area contributed by atoms with Crippen LogP contribution in [0.3, 0.4) is 0 Å². The van der Waals surface area contributed by atoms with Crippen molar-refractivity contribution < 1.29 is 27.0 Å². The minimum Gasteiger partial charge on any atom is -0.493 e. The largest absolute Gasteiger partial charge is 0.493 e. The maximum Gasteiger partial charge on any atom is 0.417 e. The van der Waals surface area contributed by atoms with E-state index in [0.29, 0.717) is 23.8 Å². The second kappa shape index (κ2) is 6.94. The fourth-order valence-electron chi connectivity index (χ4n) is 2.19. The van der Waals surface area contributed by atoms with Crippen LogP contribution in [0.4, 0.5) is 23.4 Å². The van der Waals surface area contributed by atoms with Crippen molar-refractivity contribution in [2.45, 2.75) is 12.7 Å². The molecular formula is C16H16F4N2O2. The molecule has 2 rings (SSSR count). The average Bonchev–Trinajstić information content (AvgIpc) is 2.53. The molecule has 2 aromatic rings. The highest BCUT2D eigenvalue weighted by atomic mass is 19.4. The average molecular weight is 344 g/mol. The van der Waals surface area contributed by atoms with Crippen LogP contribution in [0.5, 0.6) is 11.5 Å². The third-order valence-corrected chi connectivity index (χ3v) is 3.38. The molecule has 0 saturated carbocycles. The number of methoxy groups -OCH3 is 2. The van der Waals surface area contributed by atoms with Crippen LogP contribution in [-0.2, 0) is 12.7 Å². The Hall–Kier alpha value is -2.51. The Balaban J connectivity index is 2.22. The van der Waals surface area contributed by atoms with E-state index in [0.717, 1.165) is 5.56 Å². The molecule has 1 aromatic heterocycles. The number of rotatable bonds is 5. The van der Waals surface area contributed by atoms with Crippen molar-refractivity contribution in [1.29, 1.82) is 0 Å². The summed E-state index contributed by atoms with van der Waals surface area (Å²) < 4.78 is 61.9. The van der Waals surface area contributed by atoms with E-state index in [2.05, 4.69) is 4.98 Å². The third kappa shape index (κ3) is 3.87. The zero-order valence-electron chi connectivity index (χ0n) is 13.3. The van der Waals surface area contributed by atoms with E-state index >= 15 is 0 Å². The van der Waals surface area contributed by atoms with E-state index in [1.807, 2.05) is 0 Å². The van der Waals surface area contributed by atoms with Gasteiger partial charge in [-0.25, -0.2) is 9.37 Å². The molecule has 0 saturated heterocycles. The molecule has 1 heterocycles. The van der Waals surface area contributed by atoms with Gasteiger partial charge in [-0.2, -0.15) is 13.2 Å². The van der Waals surface area contributed by atoms with Gasteiger partial charge in [0.1, 0.15) is 0 Å². The maximum atomic E-state index is 13.9. The lowest BCUT2D eigenvalue weighted by Gasteiger charge is -2.20. The summed E-state index contributed by atoms with van der Waals surface area (Å²) in [6.07, 6.45) is -4.02. The van der Waals surface area contributed by atoms with E-state index in [-0.39, 0.29) is 12.4 Å². The molecule has 0 aliphatic rings. The quantitative estimate of drug-likeness (QED) is 0.771. The predicted octanol–water partition coefficient (Wildman–Crippen LogP) is 3.89. The molecule has 0 bridgehead atoms. The van der Waals surface area contributed by atoms with Gasteiger partial charge in [-0.1, -0.05) is 6.07 Å². The lowest BCUT2D eigenvalue weighted by Crippen LogP contribution is -2.20. The van der Waals surface area contributed by atoms with E-state index in [1.54, 1.807) is 18.2 Å². The fraction of sp³-hybridized carbons (Fsp3) is 0.312. The van der Waals surface area contributed by atoms with Gasteiger partial charge in [0.2, 0.25) is 0 Å². The van der Waals surface area contributed by atoms with Gasteiger partial charge >= 0.3 is 6.18 Å². The smallest absolute Gasteiger partial charge is 0.417 e. The summed E-state index contributed by atoms with van der Waals surface area (Å²) in [6.45, 7) is 0.232. The van der Waals surface area contributed by atoms with Crippen molar-refractivity contribution in [2.75, 3.05) is 26.2 Å². The van der Waals surface area contributed by atoms with Crippen molar-refractivity contribution in [2.24, 2.45) is 0 Å². The molecule has 0 unspecified atom stereocenters. The monoisotopic (exact) mass is 344 g/mol. The van der Waals surface area contributed by atoms with Crippen LogP contribution in [0.1, 0.15) is 11.1 Å². The van der Waals surface area contributed by atoms with Crippen LogP contribution < -0.4 is 14.4 Å². The predicted molar refractivity (Wildman–Crippen MR) is 80.9 cm³/mol. The number of halogens is 4. The first-order valence-corrected chi connectivity index (χ1v) is 6.91. The van der Waals surface area contributed by atoms with Gasteiger partial charge < -0.3 is 14.4 Å². The minimum atomic E-state index is -4.63. The molecule has 130 valence electrons. The molecule has 0 atom stereocenters. The molecule has 0 aliphatic carbocycles. The molecule has 0 spiro atoms. The number of nitrogens with zero attached hydrogens (tertiary/aromatic N) is 2. The summed E-state index contributed by atoms with van der Waals surface area (Å²) in [4.78, 5) is 5.01. The second-order valence-electron chi connectivity index (χ2n) is 5.07. The normalized spacial score (nSPS) is 11.3. The number of benzene rings is 1. The molecule has 0 amide bonds. The molecule has 0 radical (unpaired) electrons. The van der Waals surface area contributed by atoms with Gasteiger partial charge in [0, 0.05) is 19.8 Å². The van der Waals surface area contributed by atoms with Gasteiger partial charge in [-0.3, -0.25) is 0 Å². The molecule has 0 N–H and O–H groups in total. The van der Waals surface area contributed by atoms with E-state index in [9.17, 15) is 17.6 Å². The summed E-state index contributed by atoms with van der Waals surface area (Å²) in [5, 5.41) is 0. The number of ether oxygens (including phenoxy) is 2. The molecule has 0 aliphatic heterocycles. The summed E-state index contributed by atoms with van der Waals surface area (Å²) in [7, 11) is 4.53. The van der Waals surface area contributed by atoms with Crippen LogP contribution in [0.25, 0.3) is 0 Å². The second-order valence-corrected chi connectivity index (χ2v) is 5.07. The zero-order chi connectivity index (χ0) is 17.9. The summed E-state index contributed by atoms with van der Waals surface area (Å²) in [5.41, 5.74) is -0.362. The Morgan fingerprint density at radius 3 is 2.29 bits per heavy atom. The van der Waals surface area contributed by atoms with Crippen molar-refractivity contribution in [1.82, 2.24) is 4.98 Å². The maximum absolute atomic E-state index is 13.9. The van der Waals surface area contributed by atoms with Gasteiger partial charge in [0.25, 0.3) is 0 Å². The zero-order valence-corrected chi connectivity index (χ0v) is 13.3. The van der Waals surface area contributed by atoms with Gasteiger partial charge in [-0.15, -0.1) is 0 Å². The number of anilines is 1. The Kier molecular flexibility index (Phi) is 5.16. The van der Waals surface area contributed by atoms with E-state index in [1.165, 1.54) is 26.2 Å². The summed E-state index contributed by atoms with van der Waals surface area (Å²) in [6, 6.07) is 5.59. The number of hydrogen-bond donors (Lipinski definition) is 0. The van der Waals surface area contributed by atoms with Crippen LogP contribution in [0.15, 0.2) is 30.5 Å². The fourth-order valence-corrected chi connectivity index (χ4v) is 2.19. The highest BCUT2D eigenvalue weighted by Gasteiger charge is 2.32. The van der Waals surface area contributed by atoms with Gasteiger partial charge in [-0.05, 0) is 23.8 Å². The molecule has 24 heavy (non-hydrogen) atoms. The summed E-state index contributed by atoms with van der Waals surface area (Å²) >= 11 is 0. The van der Waals surface area contributed by atoms with Gasteiger partial charge in [0.15, 0.2) is 23.1 Å². The van der Waals surface area contributed by atoms with Crippen molar-refractivity contribution in [3.63, 3.8) is 0 Å². The van der Waals surface area contributed by atoms with Crippen molar-refractivity contribution in [3.05, 3.63) is 47.4 Å². The molecule has 8 heteroatoms. The number of alkyl halides is 3. The van der Waals surface area contributed by atoms with Crippen LogP contribution in [0.2, 0.25) is 0 Å². The Bertz CT molecular complexity index is 720. The summed E-state index contributed by atoms with van der Waals surface area (Å²) in [5.74, 6) is -0.155. The Morgan fingerprint density at radius 2 is 1.75 bits per heavy atom. The van der Waals surface area contributed by atoms with Gasteiger partial charge in [0.05, 0.1) is 19.8 Å². The molecular weight excluding hydrogens is 328 g/mol. The van der Waals surface area contributed by atoms with Crippen LogP contribution in [-0.4, -0.2) is 26.3 Å². The number of hydrogen-bond acceptors (Lipinski definition) is 4. The van der Waals surface area contributed by atoms with E-state index in [4.69, 9.17) is 9.47 Å². The Labute approximate surface area is 136 Å². The van der Waals surface area contributed by atoms with Crippen LogP contribution in [0, 0.1) is 5.82 Å². The SMILES string of the molecule is COc1ccc(CN(C)c2ncc(C(F)(F)F)cc2F)cc1OC. The number of pyridine rings is 1. The first-order valence-electron chi connectivity index (χ1n) is 6.91. The molecule has 1 aromatic carbocycles. The van der Waals surface area contributed by atoms with E-state index < -0.39 is 17.6 Å². The lowest BCUT2D eigenvalue weighted by molar-refractivity contribution is -0.138. The minimum absolute atomic E-state index is 0.169. The van der Waals surface area contributed by atoms with Crippen molar-refractivity contribution in [3.8, 4) is 11.5 Å². The first kappa shape index (κ1) is 17.8. The topological polar surface area (TPSA) is 34.6 Å². The number of aromatic nitrogens is 1. The highest BCUT2D eigenvalue weighted by Crippen LogP contribution is 2.32. The highest BCUT2D eigenvalue weighted by molar-refractivity contribution is 5.46.